The van der Waals surface area contributed by atoms with Gasteiger partial charge in [-0.05, 0) is 74.6 Å². The second-order valence-electron chi connectivity index (χ2n) is 4.49. The molecule has 0 fully saturated rings. The largest absolute Gasteiger partial charge is 2.00 e. The van der Waals surface area contributed by atoms with Crippen LogP contribution in [0.3, 0.4) is 0 Å². The maximum atomic E-state index is 5.40. The molecule has 0 saturated heterocycles. The zero-order chi connectivity index (χ0) is 15.8. The molecule has 24 heavy (non-hydrogen) atoms. The molecule has 7 heteroatoms. The van der Waals surface area contributed by atoms with E-state index >= 15 is 0 Å². The third-order valence-electron chi connectivity index (χ3n) is 2.85. The molecule has 1 radical (unpaired) electrons. The number of anilines is 2. The van der Waals surface area contributed by atoms with E-state index in [2.05, 4.69) is 10.6 Å². The number of rotatable bonds is 6. The number of ether oxygens (including phenoxy) is 2. The fourth-order valence-electron chi connectivity index (χ4n) is 1.90. The summed E-state index contributed by atoms with van der Waals surface area (Å²) < 4.78 is 10.8. The van der Waals surface area contributed by atoms with E-state index in [9.17, 15) is 0 Å². The summed E-state index contributed by atoms with van der Waals surface area (Å²) in [7, 11) is 0. The van der Waals surface area contributed by atoms with Gasteiger partial charge < -0.3 is 23.0 Å². The topological polar surface area (TPSA) is 42.5 Å². The predicted molar refractivity (Wildman–Crippen MR) is 103 cm³/mol. The smallest absolute Gasteiger partial charge is 1.00 e. The summed E-state index contributed by atoms with van der Waals surface area (Å²) in [5.74, 6) is 1.69. The van der Waals surface area contributed by atoms with E-state index in [1.165, 1.54) is 0 Å². The van der Waals surface area contributed by atoms with Crippen molar-refractivity contribution in [2.75, 3.05) is 23.8 Å². The summed E-state index contributed by atoms with van der Waals surface area (Å²) >= 11 is 5.30. The average molecular weight is 587 g/mol. The van der Waals surface area contributed by atoms with Gasteiger partial charge in [0.15, 0.2) is 5.11 Å². The van der Waals surface area contributed by atoms with Crippen LogP contribution in [0.15, 0.2) is 48.5 Å². The van der Waals surface area contributed by atoms with Crippen molar-refractivity contribution in [3.8, 4) is 11.5 Å². The number of hydrogen-bond donors (Lipinski definition) is 2. The van der Waals surface area contributed by atoms with Gasteiger partial charge in [0, 0.05) is 33.8 Å². The van der Waals surface area contributed by atoms with Crippen LogP contribution in [0.4, 0.5) is 11.4 Å². The van der Waals surface area contributed by atoms with Gasteiger partial charge in [0.2, 0.25) is 0 Å². The molecule has 125 valence electrons. The van der Waals surface area contributed by atoms with E-state index in [-0.39, 0.29) is 70.7 Å². The molecule has 0 spiro atoms. The van der Waals surface area contributed by atoms with Crippen LogP contribution >= 0.6 is 12.2 Å². The minimum Gasteiger partial charge on any atom is -1.00 e. The number of benzene rings is 2. The van der Waals surface area contributed by atoms with Gasteiger partial charge in [0.1, 0.15) is 11.5 Å². The third-order valence-corrected chi connectivity index (χ3v) is 3.05. The Bertz CT molecular complexity index is 566. The van der Waals surface area contributed by atoms with Gasteiger partial charge in [0.05, 0.1) is 13.2 Å². The van der Waals surface area contributed by atoms with Gasteiger partial charge in [-0.15, -0.1) is 0 Å². The standard InChI is InChI=1S/C17H20N2O2S.Sr.Ta.2H/c1-3-20-15-9-5-13(6-10-15)18-17(22)19-14-7-11-16(12-8-14)21-4-2;;;;/h5-12H,3-4H2,1-2H3,(H2,18,19,22);;;;/q;+2;;2*-1. The molecule has 0 aliphatic carbocycles. The first-order chi connectivity index (χ1) is 10.7. The first-order valence-corrected chi connectivity index (χ1v) is 7.65. The van der Waals surface area contributed by atoms with Crippen LogP contribution < -0.4 is 20.1 Å². The van der Waals surface area contributed by atoms with Crippen molar-refractivity contribution in [2.24, 2.45) is 0 Å². The predicted octanol–water partition coefficient (Wildman–Crippen LogP) is 4.13. The molecule has 0 bridgehead atoms. The van der Waals surface area contributed by atoms with Gasteiger partial charge in [-0.3, -0.25) is 0 Å². The van der Waals surface area contributed by atoms with Gasteiger partial charge in [-0.2, -0.15) is 0 Å². The fourth-order valence-corrected chi connectivity index (χ4v) is 2.13. The maximum Gasteiger partial charge on any atom is 2.00 e. The molecule has 2 aromatic carbocycles. The zero-order valence-electron chi connectivity index (χ0n) is 15.9. The Labute approximate surface area is 204 Å². The Morgan fingerprint density at radius 2 is 1.17 bits per heavy atom. The normalized spacial score (nSPS) is 9.08. The Hall–Kier alpha value is -0.0492. The summed E-state index contributed by atoms with van der Waals surface area (Å²) in [5, 5.41) is 6.80. The first kappa shape index (κ1) is 24.0. The Morgan fingerprint density at radius 1 is 0.833 bits per heavy atom. The van der Waals surface area contributed by atoms with Gasteiger partial charge in [0.25, 0.3) is 0 Å². The monoisotopic (exact) mass is 587 g/mol. The Kier molecular flexibility index (Phi) is 13.2. The van der Waals surface area contributed by atoms with Crippen molar-refractivity contribution in [1.29, 1.82) is 0 Å². The molecule has 0 amide bonds. The van der Waals surface area contributed by atoms with Crippen LogP contribution in [0.2, 0.25) is 0 Å². The van der Waals surface area contributed by atoms with E-state index in [1.54, 1.807) is 0 Å². The average Bonchev–Trinajstić information content (AvgIpc) is 2.52. The number of hydrogen-bond acceptors (Lipinski definition) is 3. The summed E-state index contributed by atoms with van der Waals surface area (Å²) in [6, 6.07) is 15.3. The van der Waals surface area contributed by atoms with Gasteiger partial charge in [-0.1, -0.05) is 0 Å². The minimum absolute atomic E-state index is 0. The molecule has 0 heterocycles. The number of thiocarbonyl (C=S) groups is 1. The minimum atomic E-state index is 0. The molecule has 2 aromatic rings. The molecule has 0 atom stereocenters. The molecule has 2 rings (SSSR count). The molecule has 0 aromatic heterocycles. The second-order valence-corrected chi connectivity index (χ2v) is 4.90. The Morgan fingerprint density at radius 3 is 1.46 bits per heavy atom. The van der Waals surface area contributed by atoms with E-state index in [4.69, 9.17) is 21.7 Å². The number of nitrogens with one attached hydrogen (secondary N) is 2. The summed E-state index contributed by atoms with van der Waals surface area (Å²) in [6.07, 6.45) is 0. The quantitative estimate of drug-likeness (QED) is 0.394. The second kappa shape index (κ2) is 13.2. The van der Waals surface area contributed by atoms with Crippen LogP contribution in [0.5, 0.6) is 11.5 Å². The van der Waals surface area contributed by atoms with E-state index in [0.29, 0.717) is 18.3 Å². The van der Waals surface area contributed by atoms with Gasteiger partial charge in [-0.25, -0.2) is 0 Å². The molecule has 2 N–H and O–H groups in total. The van der Waals surface area contributed by atoms with Gasteiger partial charge >= 0.3 is 45.5 Å². The molecule has 4 nitrogen and oxygen atoms in total. The summed E-state index contributed by atoms with van der Waals surface area (Å²) in [6.45, 7) is 5.24. The van der Waals surface area contributed by atoms with Crippen molar-refractivity contribution in [1.82, 2.24) is 0 Å². The van der Waals surface area contributed by atoms with Crippen molar-refractivity contribution < 1.29 is 34.7 Å². The molecule has 0 saturated carbocycles. The summed E-state index contributed by atoms with van der Waals surface area (Å²) in [5.41, 5.74) is 1.82. The van der Waals surface area contributed by atoms with Crippen molar-refractivity contribution >= 4 is 74.2 Å². The molecule has 0 aliphatic heterocycles. The van der Waals surface area contributed by atoms with Crippen molar-refractivity contribution in [2.45, 2.75) is 13.8 Å². The Balaban J connectivity index is -0.00000132. The van der Waals surface area contributed by atoms with Crippen LogP contribution in [0, 0.1) is 0 Å². The first-order valence-electron chi connectivity index (χ1n) is 7.25. The SMILES string of the molecule is CCOc1ccc(NC(=S)Nc2ccc(OCC)cc2)cc1.[H-].[H-].[Sr+2].[Ta]. The van der Waals surface area contributed by atoms with Crippen molar-refractivity contribution in [3.63, 3.8) is 0 Å². The van der Waals surface area contributed by atoms with E-state index < -0.39 is 0 Å². The molecular weight excluding hydrogens is 565 g/mol. The van der Waals surface area contributed by atoms with Crippen molar-refractivity contribution in [3.05, 3.63) is 48.5 Å². The fraction of sp³-hybridized carbons (Fsp3) is 0.235. The van der Waals surface area contributed by atoms with Crippen LogP contribution in [0.25, 0.3) is 0 Å². The van der Waals surface area contributed by atoms with E-state index in [1.807, 2.05) is 62.4 Å². The van der Waals surface area contributed by atoms with Crippen LogP contribution in [0.1, 0.15) is 16.7 Å². The third kappa shape index (κ3) is 8.36. The summed E-state index contributed by atoms with van der Waals surface area (Å²) in [4.78, 5) is 0. The zero-order valence-corrected chi connectivity index (χ0v) is 21.4. The molecule has 0 aliphatic rings. The van der Waals surface area contributed by atoms with Crippen LogP contribution in [-0.2, 0) is 22.4 Å². The molecule has 0 unspecified atom stereocenters. The van der Waals surface area contributed by atoms with E-state index in [0.717, 1.165) is 22.9 Å². The molecular formula is C17H22N2O2SSrTa. The van der Waals surface area contributed by atoms with Crippen LogP contribution in [-0.4, -0.2) is 63.8 Å². The maximum absolute atomic E-state index is 5.40.